The normalized spacial score (nSPS) is 35.6. The highest BCUT2D eigenvalue weighted by Crippen LogP contribution is 2.33. The van der Waals surface area contributed by atoms with Gasteiger partial charge in [-0.2, -0.15) is 5.26 Å². The van der Waals surface area contributed by atoms with E-state index in [0.717, 1.165) is 63.0 Å². The molecule has 0 aliphatic carbocycles. The lowest BCUT2D eigenvalue weighted by atomic mass is 9.91. The molecular weight excluding hydrogens is 410 g/mol. The van der Waals surface area contributed by atoms with Gasteiger partial charge >= 0.3 is 0 Å². The number of piperidine rings is 1. The molecule has 0 bridgehead atoms. The van der Waals surface area contributed by atoms with Crippen molar-refractivity contribution < 1.29 is 18.8 Å². The summed E-state index contributed by atoms with van der Waals surface area (Å²) >= 11 is 0. The van der Waals surface area contributed by atoms with Crippen LogP contribution in [0.5, 0.6) is 0 Å². The number of carbonyl (C=O) groups is 1. The Labute approximate surface area is 190 Å². The molecule has 4 aliphatic heterocycles. The Balaban J connectivity index is 1.46. The average Bonchev–Trinajstić information content (AvgIpc) is 3.44. The summed E-state index contributed by atoms with van der Waals surface area (Å²) in [5.41, 5.74) is 12.5. The maximum Gasteiger partial charge on any atom is 0.233 e. The van der Waals surface area contributed by atoms with E-state index in [1.54, 1.807) is 0 Å². The van der Waals surface area contributed by atoms with Gasteiger partial charge in [-0.3, -0.25) is 10.1 Å². The number of rotatable bonds is 7. The summed E-state index contributed by atoms with van der Waals surface area (Å²) in [6.45, 7) is 6.50. The zero-order valence-electron chi connectivity index (χ0n) is 19.0. The molecule has 1 amide bonds. The predicted octanol–water partition coefficient (Wildman–Crippen LogP) is -1.43. The minimum atomic E-state index is -0.769. The van der Waals surface area contributed by atoms with E-state index in [4.69, 9.17) is 20.9 Å². The first-order valence-corrected chi connectivity index (χ1v) is 12.2. The number of amides is 1. The van der Waals surface area contributed by atoms with Gasteiger partial charge in [0.15, 0.2) is 6.17 Å². The lowest BCUT2D eigenvalue weighted by molar-refractivity contribution is -0.954. The first-order chi connectivity index (χ1) is 15.5. The quantitative estimate of drug-likeness (QED) is 0.234. The molecule has 32 heavy (non-hydrogen) atoms. The number of nitrogens with zero attached hydrogens (tertiary/aromatic N) is 2. The van der Waals surface area contributed by atoms with Crippen LogP contribution in [0.3, 0.4) is 0 Å². The van der Waals surface area contributed by atoms with Crippen LogP contribution >= 0.6 is 0 Å². The second-order valence-corrected chi connectivity index (χ2v) is 10.0. The lowest BCUT2D eigenvalue weighted by Crippen LogP contribution is -2.73. The van der Waals surface area contributed by atoms with Crippen LogP contribution in [0.15, 0.2) is 0 Å². The van der Waals surface area contributed by atoms with E-state index in [2.05, 4.69) is 22.0 Å². The van der Waals surface area contributed by atoms with Gasteiger partial charge in [-0.1, -0.05) is 0 Å². The van der Waals surface area contributed by atoms with Crippen molar-refractivity contribution in [2.45, 2.75) is 62.7 Å². The maximum atomic E-state index is 13.6. The Kier molecular flexibility index (Phi) is 8.00. The highest BCUT2D eigenvalue weighted by molar-refractivity contribution is 5.80. The van der Waals surface area contributed by atoms with Crippen LogP contribution in [-0.2, 0) is 14.3 Å². The SMILES string of the molecule is N#CCC1CNC(C(C(=O)NC2CNCCC2OC2CCOC2)C(N)N)[N+]2(CCCC2)C1. The molecule has 180 valence electrons. The van der Waals surface area contributed by atoms with E-state index in [1.165, 1.54) is 0 Å². The van der Waals surface area contributed by atoms with Crippen LogP contribution < -0.4 is 27.4 Å². The Hall–Kier alpha value is -1.32. The van der Waals surface area contributed by atoms with E-state index in [9.17, 15) is 10.1 Å². The van der Waals surface area contributed by atoms with Crippen molar-refractivity contribution in [1.82, 2.24) is 16.0 Å². The standard InChI is InChI=1S/C22H39N7O3/c23-6-3-15-11-27-21(29(13-15)8-1-2-9-29)19(20(24)25)22(30)28-17-12-26-7-4-18(17)32-16-5-10-31-14-16/h15-21,26-27H,1-5,7-14,24-25H2/p+1. The van der Waals surface area contributed by atoms with Crippen LogP contribution in [0, 0.1) is 23.2 Å². The molecule has 0 radical (unpaired) electrons. The minimum Gasteiger partial charge on any atom is -0.379 e. The lowest BCUT2D eigenvalue weighted by Gasteiger charge is -2.50. The molecule has 10 heteroatoms. The summed E-state index contributed by atoms with van der Waals surface area (Å²) < 4.78 is 12.5. The molecule has 0 aromatic heterocycles. The summed E-state index contributed by atoms with van der Waals surface area (Å²) in [6, 6.07) is 2.19. The number of carbonyl (C=O) groups excluding carboxylic acids is 1. The van der Waals surface area contributed by atoms with Crippen LogP contribution in [0.1, 0.15) is 32.1 Å². The second-order valence-electron chi connectivity index (χ2n) is 10.0. The highest BCUT2D eigenvalue weighted by atomic mass is 16.6. The van der Waals surface area contributed by atoms with Crippen molar-refractivity contribution in [2.75, 3.05) is 52.5 Å². The molecule has 4 heterocycles. The van der Waals surface area contributed by atoms with Gasteiger partial charge in [0.05, 0.1) is 56.7 Å². The zero-order valence-corrected chi connectivity index (χ0v) is 19.0. The number of quaternary nitrogens is 1. The second kappa shape index (κ2) is 10.7. The molecular formula is C22H40N7O3+. The molecule has 4 rings (SSSR count). The third kappa shape index (κ3) is 5.25. The molecule has 6 atom stereocenters. The van der Waals surface area contributed by atoms with Gasteiger partial charge in [-0.05, 0) is 19.4 Å². The Morgan fingerprint density at radius 1 is 1.28 bits per heavy atom. The van der Waals surface area contributed by atoms with Crippen LogP contribution in [0.2, 0.25) is 0 Å². The summed E-state index contributed by atoms with van der Waals surface area (Å²) in [5.74, 6) is -0.361. The van der Waals surface area contributed by atoms with Gasteiger partial charge in [0.2, 0.25) is 5.91 Å². The van der Waals surface area contributed by atoms with Crippen molar-refractivity contribution in [1.29, 1.82) is 5.26 Å². The Bertz CT molecular complexity index is 673. The average molecular weight is 451 g/mol. The number of hydrogen-bond donors (Lipinski definition) is 5. The number of hydrogen-bond acceptors (Lipinski definition) is 8. The number of nitrogens with one attached hydrogen (secondary N) is 3. The molecule has 0 aromatic carbocycles. The largest absolute Gasteiger partial charge is 0.379 e. The van der Waals surface area contributed by atoms with Gasteiger partial charge in [0.1, 0.15) is 5.92 Å². The van der Waals surface area contributed by atoms with E-state index in [-0.39, 0.29) is 30.3 Å². The van der Waals surface area contributed by atoms with Crippen LogP contribution in [0.4, 0.5) is 0 Å². The van der Waals surface area contributed by atoms with Gasteiger partial charge in [-0.25, -0.2) is 0 Å². The van der Waals surface area contributed by atoms with Gasteiger partial charge in [-0.15, -0.1) is 0 Å². The molecule has 4 saturated heterocycles. The molecule has 4 fully saturated rings. The molecule has 0 saturated carbocycles. The summed E-state index contributed by atoms with van der Waals surface area (Å²) in [5, 5.41) is 19.4. The first kappa shape index (κ1) is 23.8. The van der Waals surface area contributed by atoms with Crippen molar-refractivity contribution in [3.05, 3.63) is 0 Å². The molecule has 7 N–H and O–H groups in total. The van der Waals surface area contributed by atoms with Crippen molar-refractivity contribution in [3.63, 3.8) is 0 Å². The number of nitrogens with two attached hydrogens (primary N) is 2. The summed E-state index contributed by atoms with van der Waals surface area (Å²) in [4.78, 5) is 13.6. The first-order valence-electron chi connectivity index (χ1n) is 12.2. The molecule has 4 aliphatic rings. The molecule has 6 unspecified atom stereocenters. The van der Waals surface area contributed by atoms with Gasteiger partial charge in [0.25, 0.3) is 0 Å². The van der Waals surface area contributed by atoms with E-state index in [1.807, 2.05) is 0 Å². The van der Waals surface area contributed by atoms with Gasteiger partial charge in [0, 0.05) is 44.9 Å². The fourth-order valence-electron chi connectivity index (χ4n) is 6.15. The smallest absolute Gasteiger partial charge is 0.233 e. The molecule has 10 nitrogen and oxygen atoms in total. The maximum absolute atomic E-state index is 13.6. The molecule has 1 spiro atoms. The van der Waals surface area contributed by atoms with Crippen LogP contribution in [0.25, 0.3) is 0 Å². The van der Waals surface area contributed by atoms with Gasteiger partial charge < -0.3 is 36.1 Å². The monoisotopic (exact) mass is 450 g/mol. The van der Waals surface area contributed by atoms with E-state index in [0.29, 0.717) is 32.0 Å². The third-order valence-corrected chi connectivity index (χ3v) is 7.72. The third-order valence-electron chi connectivity index (χ3n) is 7.72. The van der Waals surface area contributed by atoms with Crippen molar-refractivity contribution >= 4 is 5.91 Å². The van der Waals surface area contributed by atoms with E-state index >= 15 is 0 Å². The number of ether oxygens (including phenoxy) is 2. The minimum absolute atomic E-state index is 0.0456. The zero-order chi connectivity index (χ0) is 22.6. The predicted molar refractivity (Wildman–Crippen MR) is 119 cm³/mol. The summed E-state index contributed by atoms with van der Waals surface area (Å²) in [7, 11) is 0. The number of nitriles is 1. The van der Waals surface area contributed by atoms with Crippen LogP contribution in [-0.4, -0.2) is 93.5 Å². The molecule has 0 aromatic rings. The van der Waals surface area contributed by atoms with Crippen molar-refractivity contribution in [3.8, 4) is 6.07 Å². The highest BCUT2D eigenvalue weighted by Gasteiger charge is 2.52. The topological polar surface area (TPSA) is 147 Å². The fraction of sp³-hybridized carbons (Fsp3) is 0.909. The Morgan fingerprint density at radius 2 is 2.09 bits per heavy atom. The Morgan fingerprint density at radius 3 is 2.78 bits per heavy atom. The fourth-order valence-corrected chi connectivity index (χ4v) is 6.15. The van der Waals surface area contributed by atoms with Crippen molar-refractivity contribution in [2.24, 2.45) is 23.3 Å². The summed E-state index contributed by atoms with van der Waals surface area (Å²) in [6.07, 6.45) is 3.67. The van der Waals surface area contributed by atoms with E-state index < -0.39 is 12.1 Å².